The molecular weight excluding hydrogens is 647 g/mol. The minimum absolute atomic E-state index is 0. The Morgan fingerprint density at radius 3 is 2.25 bits per heavy atom. The maximum atomic E-state index is 14.6. The number of piperidine rings is 1. The van der Waals surface area contributed by atoms with Gasteiger partial charge in [0.05, 0.1) is 11.3 Å². The van der Waals surface area contributed by atoms with Crippen LogP contribution >= 0.6 is 0 Å². The molecule has 260 valence electrons. The zero-order valence-corrected chi connectivity index (χ0v) is 32.0. The summed E-state index contributed by atoms with van der Waals surface area (Å²) < 4.78 is 14.6. The summed E-state index contributed by atoms with van der Waals surface area (Å²) in [6.45, 7) is 13.6. The molecule has 2 unspecified atom stereocenters. The van der Waals surface area contributed by atoms with Crippen LogP contribution in [0.3, 0.4) is 0 Å². The van der Waals surface area contributed by atoms with Gasteiger partial charge in [0.15, 0.2) is 0 Å². The van der Waals surface area contributed by atoms with Gasteiger partial charge in [-0.15, -0.1) is 0 Å². The van der Waals surface area contributed by atoms with Gasteiger partial charge in [0.1, 0.15) is 5.82 Å². The molecule has 2 fully saturated rings. The minimum Gasteiger partial charge on any atom is -0.870 e. The normalized spacial score (nSPS) is 17.3. The van der Waals surface area contributed by atoms with Gasteiger partial charge >= 0.3 is 57.4 Å². The number of piperazine rings is 1. The van der Waals surface area contributed by atoms with Gasteiger partial charge < -0.3 is 37.9 Å². The van der Waals surface area contributed by atoms with E-state index in [1.54, 1.807) is 6.07 Å². The number of anilines is 2. The van der Waals surface area contributed by atoms with E-state index in [1.165, 1.54) is 11.0 Å². The Bertz CT molecular complexity index is 1360. The molecule has 0 bridgehead atoms. The van der Waals surface area contributed by atoms with Crippen molar-refractivity contribution in [2.45, 2.75) is 45.2 Å². The van der Waals surface area contributed by atoms with Crippen LogP contribution in [0.2, 0.25) is 0 Å². The first-order valence-corrected chi connectivity index (χ1v) is 15.7. The summed E-state index contributed by atoms with van der Waals surface area (Å²) in [5, 5.41) is 9.14. The van der Waals surface area contributed by atoms with Crippen LogP contribution in [-0.2, 0) is 9.59 Å². The summed E-state index contributed by atoms with van der Waals surface area (Å²) in [6.07, 6.45) is 3.21. The summed E-state index contributed by atoms with van der Waals surface area (Å²) in [4.78, 5) is 54.8. The fraction of sp³-hybridized carbons (Fsp3) is 0.500. The molecule has 0 aliphatic carbocycles. The van der Waals surface area contributed by atoms with Crippen molar-refractivity contribution in [1.82, 2.24) is 14.7 Å². The van der Waals surface area contributed by atoms with Gasteiger partial charge in [-0.1, -0.05) is 0 Å². The zero-order valence-electron chi connectivity index (χ0n) is 28.8. The van der Waals surface area contributed by atoms with E-state index in [9.17, 15) is 18.8 Å². The zero-order chi connectivity index (χ0) is 34.0. The molecule has 2 saturated heterocycles. The molecule has 2 aliphatic rings. The number of hydrogen-bond donors (Lipinski definition) is 2. The van der Waals surface area contributed by atoms with E-state index in [0.29, 0.717) is 36.0 Å². The van der Waals surface area contributed by atoms with Gasteiger partial charge in [-0.25, -0.2) is 9.18 Å². The standard InChI is InChI=1S/C33H45FN5O4.CH3NO.K.H2O/c1-6-24(3)39(22-40)32(41)29-9-8-27(17-23(29)2)38-16-15-37(28(21-38)20-35(4)5)19-25-11-13-36(14-12-25)31-10-7-26(33(42)43)18-30(31)34;2-1-3;;/h7-10,17-18,22,24-25,28H,1,6,11-16,19-21H2,2-5H3,(H,42,43);1H,(H2,2,3);;1H2/q-1;;+1;/p-1. The molecular formula is C34H49FKN6O6-. The topological polar surface area (TPSA) is 161 Å². The van der Waals surface area contributed by atoms with Crippen LogP contribution in [0.5, 0.6) is 0 Å². The number of hydrogen-bond acceptors (Lipinski definition) is 9. The van der Waals surface area contributed by atoms with E-state index in [-0.39, 0.29) is 80.8 Å². The molecule has 0 spiro atoms. The molecule has 0 radical (unpaired) electrons. The van der Waals surface area contributed by atoms with E-state index in [2.05, 4.69) is 41.5 Å². The van der Waals surface area contributed by atoms with Crippen LogP contribution in [0.15, 0.2) is 36.4 Å². The Kier molecular flexibility index (Phi) is 19.0. The summed E-state index contributed by atoms with van der Waals surface area (Å²) >= 11 is 0. The van der Waals surface area contributed by atoms with E-state index >= 15 is 0 Å². The molecule has 3 amide bonds. The fourth-order valence-electron chi connectivity index (χ4n) is 6.26. The molecule has 2 aliphatic heterocycles. The van der Waals surface area contributed by atoms with E-state index in [4.69, 9.17) is 9.90 Å². The van der Waals surface area contributed by atoms with Gasteiger partial charge in [0.2, 0.25) is 12.8 Å². The van der Waals surface area contributed by atoms with Crippen molar-refractivity contribution in [3.63, 3.8) is 0 Å². The van der Waals surface area contributed by atoms with Crippen molar-refractivity contribution >= 4 is 36.1 Å². The fourth-order valence-corrected chi connectivity index (χ4v) is 6.26. The number of carboxylic acid groups (broad SMARTS) is 1. The summed E-state index contributed by atoms with van der Waals surface area (Å²) in [7, 11) is 4.19. The van der Waals surface area contributed by atoms with Gasteiger partial charge in [-0.2, -0.15) is 6.42 Å². The largest absolute Gasteiger partial charge is 1.00 e. The molecule has 2 heterocycles. The van der Waals surface area contributed by atoms with Crippen LogP contribution in [0, 0.1) is 25.6 Å². The molecule has 48 heavy (non-hydrogen) atoms. The van der Waals surface area contributed by atoms with Crippen molar-refractivity contribution in [3.8, 4) is 0 Å². The van der Waals surface area contributed by atoms with Crippen molar-refractivity contribution in [3.05, 3.63) is 65.8 Å². The maximum absolute atomic E-state index is 14.6. The van der Waals surface area contributed by atoms with Crippen molar-refractivity contribution < 1.29 is 85.5 Å². The third kappa shape index (κ3) is 11.6. The average Bonchev–Trinajstić information content (AvgIpc) is 3.02. The first-order valence-electron chi connectivity index (χ1n) is 15.7. The summed E-state index contributed by atoms with van der Waals surface area (Å²) in [6, 6.07) is 10.1. The average molecular weight is 696 g/mol. The summed E-state index contributed by atoms with van der Waals surface area (Å²) in [5.41, 5.74) is 7.05. The second-order valence-corrected chi connectivity index (χ2v) is 12.3. The Labute approximate surface area is 326 Å². The number of carbonyl (C=O) groups excluding carboxylic acids is 3. The predicted molar refractivity (Wildman–Crippen MR) is 179 cm³/mol. The number of carboxylic acids is 1. The predicted octanol–water partition coefficient (Wildman–Crippen LogP) is -0.0589. The first kappa shape index (κ1) is 43.6. The molecule has 12 nitrogen and oxygen atoms in total. The van der Waals surface area contributed by atoms with Gasteiger partial charge in [-0.3, -0.25) is 24.2 Å². The SMILES string of the molecule is NC=O.[CH2-]CC(C)N(C=O)C(=O)c1ccc(N2CCN(CC3CCN(c4ccc(C(=O)O)cc4F)CC3)C(CN(C)C)C2)cc1C.[K+].[OH-]. The van der Waals surface area contributed by atoms with Crippen molar-refractivity contribution in [1.29, 1.82) is 0 Å². The molecule has 4 N–H and O–H groups in total. The number of nitrogens with zero attached hydrogens (tertiary/aromatic N) is 5. The molecule has 2 atom stereocenters. The summed E-state index contributed by atoms with van der Waals surface area (Å²) in [5.74, 6) is -1.40. The van der Waals surface area contributed by atoms with Gasteiger partial charge in [-0.05, 0) is 88.7 Å². The number of carbonyl (C=O) groups is 4. The van der Waals surface area contributed by atoms with Crippen molar-refractivity contribution in [2.24, 2.45) is 11.7 Å². The number of nitrogens with two attached hydrogens (primary N) is 1. The third-order valence-corrected chi connectivity index (χ3v) is 8.87. The monoisotopic (exact) mass is 695 g/mol. The number of aryl methyl sites for hydroxylation is 1. The van der Waals surface area contributed by atoms with Crippen LogP contribution in [0.4, 0.5) is 15.8 Å². The first-order chi connectivity index (χ1) is 21.9. The second kappa shape index (κ2) is 20.9. The Balaban J connectivity index is 0.00000222. The number of primary amides is 1. The molecule has 0 saturated carbocycles. The molecule has 4 rings (SSSR count). The second-order valence-electron chi connectivity index (χ2n) is 12.3. The van der Waals surface area contributed by atoms with Crippen molar-refractivity contribution in [2.75, 3.05) is 69.7 Å². The van der Waals surface area contributed by atoms with Crippen LogP contribution in [0.1, 0.15) is 52.5 Å². The van der Waals surface area contributed by atoms with Gasteiger partial charge in [0.25, 0.3) is 5.91 Å². The number of aromatic carboxylic acids is 1. The number of likely N-dealkylation sites (N-methyl/N-ethyl adjacent to an activating group) is 1. The number of amides is 3. The molecule has 14 heteroatoms. The molecule has 0 aromatic heterocycles. The van der Waals surface area contributed by atoms with Crippen LogP contribution in [0.25, 0.3) is 0 Å². The smallest absolute Gasteiger partial charge is 0.870 e. The molecule has 2 aromatic carbocycles. The maximum Gasteiger partial charge on any atom is 1.00 e. The Morgan fingerprint density at radius 1 is 1.08 bits per heavy atom. The third-order valence-electron chi connectivity index (χ3n) is 8.87. The quantitative estimate of drug-likeness (QED) is 0.185. The number of rotatable bonds is 11. The van der Waals surface area contributed by atoms with Crippen LogP contribution < -0.4 is 66.9 Å². The minimum atomic E-state index is -1.13. The van der Waals surface area contributed by atoms with Crippen LogP contribution in [-0.4, -0.2) is 122 Å². The number of halogens is 1. The number of benzene rings is 2. The van der Waals surface area contributed by atoms with E-state index in [1.807, 2.05) is 36.9 Å². The van der Waals surface area contributed by atoms with Gasteiger partial charge in [0, 0.05) is 69.1 Å². The van der Waals surface area contributed by atoms with E-state index in [0.717, 1.165) is 76.0 Å². The Hall–Kier alpha value is -2.43. The number of imide groups is 1. The molecule has 2 aromatic rings. The van der Waals surface area contributed by atoms with E-state index < -0.39 is 11.8 Å². The Morgan fingerprint density at radius 2 is 1.73 bits per heavy atom.